The molecular weight excluding hydrogens is 242 g/mol. The Balaban J connectivity index is 1.60. The Bertz CT molecular complexity index is 592. The smallest absolute Gasteiger partial charge is 0.0374 e. The second kappa shape index (κ2) is 5.32. The molecule has 3 rings (SSSR count). The SMILES string of the molecule is Cc1ccc(C2CC(Nc3cc(C)ccc3C)C2)cc1. The van der Waals surface area contributed by atoms with Gasteiger partial charge in [-0.25, -0.2) is 0 Å². The molecule has 1 N–H and O–H groups in total. The number of hydrogen-bond acceptors (Lipinski definition) is 1. The molecule has 1 nitrogen and oxygen atoms in total. The van der Waals surface area contributed by atoms with E-state index in [0.29, 0.717) is 6.04 Å². The first-order valence-electron chi connectivity index (χ1n) is 7.52. The van der Waals surface area contributed by atoms with Crippen molar-refractivity contribution in [1.29, 1.82) is 0 Å². The molecule has 104 valence electrons. The normalized spacial score (nSPS) is 21.4. The molecule has 0 spiro atoms. The highest BCUT2D eigenvalue weighted by atomic mass is 14.9. The van der Waals surface area contributed by atoms with Crippen LogP contribution < -0.4 is 5.32 Å². The van der Waals surface area contributed by atoms with E-state index >= 15 is 0 Å². The molecular formula is C19H23N. The first-order chi connectivity index (χ1) is 9.61. The molecule has 20 heavy (non-hydrogen) atoms. The Kier molecular flexibility index (Phi) is 3.52. The number of benzene rings is 2. The zero-order valence-electron chi connectivity index (χ0n) is 12.6. The largest absolute Gasteiger partial charge is 0.382 e. The average Bonchev–Trinajstić information content (AvgIpc) is 2.39. The third-order valence-electron chi connectivity index (χ3n) is 4.44. The van der Waals surface area contributed by atoms with E-state index in [9.17, 15) is 0 Å². The highest BCUT2D eigenvalue weighted by Gasteiger charge is 2.30. The lowest BCUT2D eigenvalue weighted by Gasteiger charge is -2.37. The van der Waals surface area contributed by atoms with Crippen molar-refractivity contribution in [2.24, 2.45) is 0 Å². The maximum atomic E-state index is 3.70. The van der Waals surface area contributed by atoms with Crippen LogP contribution >= 0.6 is 0 Å². The van der Waals surface area contributed by atoms with Gasteiger partial charge in [0.05, 0.1) is 0 Å². The van der Waals surface area contributed by atoms with Gasteiger partial charge in [-0.05, 0) is 62.3 Å². The van der Waals surface area contributed by atoms with E-state index in [1.807, 2.05) is 0 Å². The van der Waals surface area contributed by atoms with Crippen molar-refractivity contribution < 1.29 is 0 Å². The summed E-state index contributed by atoms with van der Waals surface area (Å²) in [5.74, 6) is 0.734. The minimum atomic E-state index is 0.627. The highest BCUT2D eigenvalue weighted by Crippen LogP contribution is 2.38. The topological polar surface area (TPSA) is 12.0 Å². The Morgan fingerprint density at radius 3 is 2.20 bits per heavy atom. The van der Waals surface area contributed by atoms with E-state index in [1.54, 1.807) is 0 Å². The van der Waals surface area contributed by atoms with Crippen molar-refractivity contribution >= 4 is 5.69 Å². The molecule has 1 aliphatic rings. The summed E-state index contributed by atoms with van der Waals surface area (Å²) in [6, 6.07) is 16.3. The van der Waals surface area contributed by atoms with Gasteiger partial charge >= 0.3 is 0 Å². The van der Waals surface area contributed by atoms with Crippen LogP contribution in [0.1, 0.15) is 41.0 Å². The Labute approximate surface area is 122 Å². The van der Waals surface area contributed by atoms with Gasteiger partial charge in [-0.3, -0.25) is 0 Å². The van der Waals surface area contributed by atoms with E-state index in [1.165, 1.54) is 40.8 Å². The zero-order valence-corrected chi connectivity index (χ0v) is 12.6. The Hall–Kier alpha value is -1.76. The number of anilines is 1. The van der Waals surface area contributed by atoms with Crippen molar-refractivity contribution in [1.82, 2.24) is 0 Å². The van der Waals surface area contributed by atoms with Gasteiger partial charge in [0.15, 0.2) is 0 Å². The molecule has 0 aliphatic heterocycles. The van der Waals surface area contributed by atoms with Crippen molar-refractivity contribution in [3.63, 3.8) is 0 Å². The molecule has 1 fully saturated rings. The minimum Gasteiger partial charge on any atom is -0.382 e. The summed E-state index contributed by atoms with van der Waals surface area (Å²) in [5.41, 5.74) is 6.81. The Morgan fingerprint density at radius 2 is 1.50 bits per heavy atom. The molecule has 0 bridgehead atoms. The van der Waals surface area contributed by atoms with Crippen molar-refractivity contribution in [2.75, 3.05) is 5.32 Å². The summed E-state index contributed by atoms with van der Waals surface area (Å²) in [4.78, 5) is 0. The lowest BCUT2D eigenvalue weighted by Crippen LogP contribution is -2.34. The van der Waals surface area contributed by atoms with Gasteiger partial charge in [-0.15, -0.1) is 0 Å². The molecule has 0 amide bonds. The third kappa shape index (κ3) is 2.72. The third-order valence-corrected chi connectivity index (χ3v) is 4.44. The second-order valence-corrected chi connectivity index (χ2v) is 6.24. The van der Waals surface area contributed by atoms with Crippen LogP contribution in [0.15, 0.2) is 42.5 Å². The van der Waals surface area contributed by atoms with Gasteiger partial charge in [-0.2, -0.15) is 0 Å². The lowest BCUT2D eigenvalue weighted by molar-refractivity contribution is 0.374. The van der Waals surface area contributed by atoms with Crippen LogP contribution in [0.4, 0.5) is 5.69 Å². The number of aryl methyl sites for hydroxylation is 3. The summed E-state index contributed by atoms with van der Waals surface area (Å²) >= 11 is 0. The van der Waals surface area contributed by atoms with Crippen LogP contribution in [0, 0.1) is 20.8 Å². The van der Waals surface area contributed by atoms with Gasteiger partial charge in [-0.1, -0.05) is 42.0 Å². The van der Waals surface area contributed by atoms with Crippen LogP contribution in [0.3, 0.4) is 0 Å². The predicted molar refractivity (Wildman–Crippen MR) is 86.5 cm³/mol. The molecule has 1 aliphatic carbocycles. The maximum Gasteiger partial charge on any atom is 0.0374 e. The first-order valence-corrected chi connectivity index (χ1v) is 7.52. The van der Waals surface area contributed by atoms with E-state index in [4.69, 9.17) is 0 Å². The van der Waals surface area contributed by atoms with Crippen LogP contribution in [0.2, 0.25) is 0 Å². The Morgan fingerprint density at radius 1 is 0.850 bits per heavy atom. The maximum absolute atomic E-state index is 3.70. The number of rotatable bonds is 3. The van der Waals surface area contributed by atoms with Crippen molar-refractivity contribution in [2.45, 2.75) is 45.6 Å². The summed E-state index contributed by atoms with van der Waals surface area (Å²) in [5, 5.41) is 3.70. The van der Waals surface area contributed by atoms with Crippen LogP contribution in [0.5, 0.6) is 0 Å². The standard InChI is InChI=1S/C19H23N/c1-13-5-8-16(9-6-13)17-11-18(12-17)20-19-10-14(2)4-7-15(19)3/h4-10,17-18,20H,11-12H2,1-3H3. The molecule has 0 saturated heterocycles. The molecule has 0 radical (unpaired) electrons. The summed E-state index contributed by atoms with van der Waals surface area (Å²) in [6.07, 6.45) is 2.49. The van der Waals surface area contributed by atoms with E-state index in [-0.39, 0.29) is 0 Å². The van der Waals surface area contributed by atoms with Gasteiger partial charge in [0.2, 0.25) is 0 Å². The van der Waals surface area contributed by atoms with Gasteiger partial charge in [0.1, 0.15) is 0 Å². The van der Waals surface area contributed by atoms with Crippen LogP contribution in [-0.2, 0) is 0 Å². The second-order valence-electron chi connectivity index (χ2n) is 6.24. The van der Waals surface area contributed by atoms with Gasteiger partial charge in [0, 0.05) is 11.7 Å². The van der Waals surface area contributed by atoms with E-state index in [0.717, 1.165) is 5.92 Å². The van der Waals surface area contributed by atoms with E-state index < -0.39 is 0 Å². The monoisotopic (exact) mass is 265 g/mol. The number of nitrogens with one attached hydrogen (secondary N) is 1. The van der Waals surface area contributed by atoms with E-state index in [2.05, 4.69) is 68.6 Å². The van der Waals surface area contributed by atoms with Crippen molar-refractivity contribution in [3.05, 3.63) is 64.7 Å². The molecule has 2 aromatic carbocycles. The molecule has 0 heterocycles. The van der Waals surface area contributed by atoms with Gasteiger partial charge < -0.3 is 5.32 Å². The summed E-state index contributed by atoms with van der Waals surface area (Å²) in [6.45, 7) is 6.48. The molecule has 1 heteroatoms. The van der Waals surface area contributed by atoms with Crippen molar-refractivity contribution in [3.8, 4) is 0 Å². The van der Waals surface area contributed by atoms with Crippen LogP contribution in [-0.4, -0.2) is 6.04 Å². The lowest BCUT2D eigenvalue weighted by atomic mass is 9.75. The summed E-state index contributed by atoms with van der Waals surface area (Å²) in [7, 11) is 0. The summed E-state index contributed by atoms with van der Waals surface area (Å²) < 4.78 is 0. The fourth-order valence-electron chi connectivity index (χ4n) is 2.96. The fourth-order valence-corrected chi connectivity index (χ4v) is 2.96. The minimum absolute atomic E-state index is 0.627. The number of hydrogen-bond donors (Lipinski definition) is 1. The first kappa shape index (κ1) is 13.2. The quantitative estimate of drug-likeness (QED) is 0.826. The zero-order chi connectivity index (χ0) is 14.1. The fraction of sp³-hybridized carbons (Fsp3) is 0.368. The molecule has 0 atom stereocenters. The molecule has 0 aromatic heterocycles. The molecule has 2 aromatic rings. The van der Waals surface area contributed by atoms with Crippen LogP contribution in [0.25, 0.3) is 0 Å². The molecule has 1 saturated carbocycles. The van der Waals surface area contributed by atoms with Gasteiger partial charge in [0.25, 0.3) is 0 Å². The highest BCUT2D eigenvalue weighted by molar-refractivity contribution is 5.53. The average molecular weight is 265 g/mol. The molecule has 0 unspecified atom stereocenters. The predicted octanol–water partition coefficient (Wildman–Crippen LogP) is 4.97.